The highest BCUT2D eigenvalue weighted by Crippen LogP contribution is 2.20. The van der Waals surface area contributed by atoms with Crippen molar-refractivity contribution in [2.24, 2.45) is 0 Å². The van der Waals surface area contributed by atoms with Gasteiger partial charge in [-0.15, -0.1) is 0 Å². The van der Waals surface area contributed by atoms with Crippen LogP contribution < -0.4 is 0 Å². The molecule has 6 heteroatoms. The summed E-state index contributed by atoms with van der Waals surface area (Å²) >= 11 is 2.16. The van der Waals surface area contributed by atoms with Crippen LogP contribution in [0.1, 0.15) is 5.56 Å². The summed E-state index contributed by atoms with van der Waals surface area (Å²) in [7, 11) is 0. The van der Waals surface area contributed by atoms with Crippen molar-refractivity contribution >= 4 is 28.3 Å². The normalized spacial score (nSPS) is 10.4. The van der Waals surface area contributed by atoms with Crippen molar-refractivity contribution in [3.05, 3.63) is 49.8 Å². The van der Waals surface area contributed by atoms with Crippen LogP contribution in [0.5, 0.6) is 0 Å². The number of hydrogen-bond acceptors (Lipinski definition) is 3. The Kier molecular flexibility index (Phi) is 2.90. The van der Waals surface area contributed by atoms with Crippen molar-refractivity contribution < 1.29 is 4.92 Å². The minimum Gasteiger partial charge on any atom is -0.258 e. The van der Waals surface area contributed by atoms with Gasteiger partial charge in [-0.1, -0.05) is 0 Å². The Balaban J connectivity index is 2.45. The quantitative estimate of drug-likeness (QED) is 0.483. The maximum Gasteiger partial charge on any atom is 0.272 e. The highest BCUT2D eigenvalue weighted by atomic mass is 127. The molecule has 0 amide bonds. The molecule has 5 nitrogen and oxygen atoms in total. The third kappa shape index (κ3) is 2.06. The second-order valence-electron chi connectivity index (χ2n) is 3.33. The fourth-order valence-corrected chi connectivity index (χ4v) is 1.82. The average molecular weight is 329 g/mol. The molecule has 0 aliphatic rings. The van der Waals surface area contributed by atoms with E-state index in [2.05, 4.69) is 27.7 Å². The van der Waals surface area contributed by atoms with Gasteiger partial charge in [-0.2, -0.15) is 5.10 Å². The van der Waals surface area contributed by atoms with Gasteiger partial charge >= 0.3 is 0 Å². The number of hydrogen-bond donors (Lipinski definition) is 0. The standard InChI is InChI=1S/C10H8IN3O2/c1-7-4-9(2-3-10(7)14(15)16)13-6-8(11)5-12-13/h2-6H,1H3. The summed E-state index contributed by atoms with van der Waals surface area (Å²) in [5.41, 5.74) is 1.59. The van der Waals surface area contributed by atoms with Gasteiger partial charge in [0.1, 0.15) is 0 Å². The van der Waals surface area contributed by atoms with E-state index in [1.54, 1.807) is 29.9 Å². The van der Waals surface area contributed by atoms with Gasteiger partial charge in [-0.05, 0) is 41.6 Å². The summed E-state index contributed by atoms with van der Waals surface area (Å²) in [6.07, 6.45) is 3.60. The third-order valence-corrected chi connectivity index (χ3v) is 2.75. The predicted molar refractivity (Wildman–Crippen MR) is 67.7 cm³/mol. The lowest BCUT2D eigenvalue weighted by molar-refractivity contribution is -0.385. The fraction of sp³-hybridized carbons (Fsp3) is 0.100. The molecular formula is C10H8IN3O2. The maximum absolute atomic E-state index is 10.7. The molecule has 1 aromatic carbocycles. The molecule has 16 heavy (non-hydrogen) atoms. The molecule has 0 saturated carbocycles. The van der Waals surface area contributed by atoms with Gasteiger partial charge in [0.15, 0.2) is 0 Å². The Bertz CT molecular complexity index is 551. The van der Waals surface area contributed by atoms with E-state index in [4.69, 9.17) is 0 Å². The Labute approximate surface area is 105 Å². The zero-order chi connectivity index (χ0) is 11.7. The smallest absolute Gasteiger partial charge is 0.258 e. The monoisotopic (exact) mass is 329 g/mol. The molecule has 0 unspecified atom stereocenters. The van der Waals surface area contributed by atoms with E-state index in [0.717, 1.165) is 9.26 Å². The molecule has 2 aromatic rings. The molecule has 0 aliphatic heterocycles. The largest absolute Gasteiger partial charge is 0.272 e. The van der Waals surface area contributed by atoms with E-state index in [9.17, 15) is 10.1 Å². The lowest BCUT2D eigenvalue weighted by atomic mass is 10.2. The second-order valence-corrected chi connectivity index (χ2v) is 4.58. The third-order valence-electron chi connectivity index (χ3n) is 2.19. The summed E-state index contributed by atoms with van der Waals surface area (Å²) in [6.45, 7) is 1.72. The van der Waals surface area contributed by atoms with Crippen LogP contribution in [0.2, 0.25) is 0 Å². The predicted octanol–water partition coefficient (Wildman–Crippen LogP) is 2.69. The van der Waals surface area contributed by atoms with E-state index < -0.39 is 0 Å². The maximum atomic E-state index is 10.7. The van der Waals surface area contributed by atoms with E-state index >= 15 is 0 Å². The Morgan fingerprint density at radius 3 is 2.75 bits per heavy atom. The first-order chi connectivity index (χ1) is 7.58. The van der Waals surface area contributed by atoms with Gasteiger partial charge < -0.3 is 0 Å². The number of nitro benzene ring substituents is 1. The molecule has 0 N–H and O–H groups in total. The minimum absolute atomic E-state index is 0.130. The van der Waals surface area contributed by atoms with Crippen LogP contribution in [-0.4, -0.2) is 14.7 Å². The van der Waals surface area contributed by atoms with Crippen LogP contribution in [0.15, 0.2) is 30.6 Å². The van der Waals surface area contributed by atoms with Gasteiger partial charge in [0.2, 0.25) is 0 Å². The lowest BCUT2D eigenvalue weighted by Crippen LogP contribution is -1.97. The molecule has 0 fully saturated rings. The first kappa shape index (κ1) is 11.1. The van der Waals surface area contributed by atoms with E-state index in [-0.39, 0.29) is 10.6 Å². The number of benzene rings is 1. The molecule has 2 rings (SSSR count). The molecule has 0 radical (unpaired) electrons. The van der Waals surface area contributed by atoms with Crippen LogP contribution in [-0.2, 0) is 0 Å². The molecular weight excluding hydrogens is 321 g/mol. The number of nitro groups is 1. The summed E-state index contributed by atoms with van der Waals surface area (Å²) in [6, 6.07) is 4.94. The first-order valence-electron chi connectivity index (χ1n) is 4.53. The van der Waals surface area contributed by atoms with Gasteiger partial charge in [0.25, 0.3) is 5.69 Å². The van der Waals surface area contributed by atoms with E-state index in [1.807, 2.05) is 6.20 Å². The highest BCUT2D eigenvalue weighted by Gasteiger charge is 2.10. The summed E-state index contributed by atoms with van der Waals surface area (Å²) in [5.74, 6) is 0. The molecule has 0 aliphatic carbocycles. The molecule has 82 valence electrons. The average Bonchev–Trinajstić information content (AvgIpc) is 2.64. The van der Waals surface area contributed by atoms with Crippen molar-refractivity contribution in [2.75, 3.05) is 0 Å². The molecule has 0 saturated heterocycles. The first-order valence-corrected chi connectivity index (χ1v) is 5.61. The number of aryl methyl sites for hydroxylation is 1. The summed E-state index contributed by atoms with van der Waals surface area (Å²) in [4.78, 5) is 10.3. The van der Waals surface area contributed by atoms with Gasteiger partial charge in [0, 0.05) is 17.8 Å². The molecule has 0 spiro atoms. The van der Waals surface area contributed by atoms with E-state index in [1.165, 1.54) is 6.07 Å². The van der Waals surface area contributed by atoms with Gasteiger partial charge in [-0.3, -0.25) is 10.1 Å². The van der Waals surface area contributed by atoms with Crippen LogP contribution in [0.3, 0.4) is 0 Å². The van der Waals surface area contributed by atoms with Gasteiger partial charge in [-0.25, -0.2) is 4.68 Å². The minimum atomic E-state index is -0.383. The van der Waals surface area contributed by atoms with Crippen LogP contribution in [0, 0.1) is 20.6 Å². The lowest BCUT2D eigenvalue weighted by Gasteiger charge is -2.02. The van der Waals surface area contributed by atoms with E-state index in [0.29, 0.717) is 5.56 Å². The SMILES string of the molecule is Cc1cc(-n2cc(I)cn2)ccc1[N+](=O)[O-]. The van der Waals surface area contributed by atoms with Crippen molar-refractivity contribution in [3.8, 4) is 5.69 Å². The Morgan fingerprint density at radius 2 is 2.25 bits per heavy atom. The number of rotatable bonds is 2. The van der Waals surface area contributed by atoms with Crippen LogP contribution in [0.25, 0.3) is 5.69 Å². The fourth-order valence-electron chi connectivity index (χ4n) is 1.43. The van der Waals surface area contributed by atoms with Crippen LogP contribution >= 0.6 is 22.6 Å². The zero-order valence-corrected chi connectivity index (χ0v) is 10.6. The van der Waals surface area contributed by atoms with Crippen molar-refractivity contribution in [1.82, 2.24) is 9.78 Å². The number of halogens is 1. The number of nitrogens with zero attached hydrogens (tertiary/aromatic N) is 3. The highest BCUT2D eigenvalue weighted by molar-refractivity contribution is 14.1. The molecule has 1 aromatic heterocycles. The zero-order valence-electron chi connectivity index (χ0n) is 8.42. The molecule has 0 bridgehead atoms. The van der Waals surface area contributed by atoms with Gasteiger partial charge in [0.05, 0.1) is 20.4 Å². The van der Waals surface area contributed by atoms with Crippen LogP contribution in [0.4, 0.5) is 5.69 Å². The van der Waals surface area contributed by atoms with Crippen molar-refractivity contribution in [3.63, 3.8) is 0 Å². The molecule has 1 heterocycles. The van der Waals surface area contributed by atoms with Crippen molar-refractivity contribution in [2.45, 2.75) is 6.92 Å². The Morgan fingerprint density at radius 1 is 1.50 bits per heavy atom. The number of aromatic nitrogens is 2. The topological polar surface area (TPSA) is 61.0 Å². The molecule has 0 atom stereocenters. The summed E-state index contributed by atoms with van der Waals surface area (Å²) in [5, 5.41) is 14.8. The van der Waals surface area contributed by atoms with Crippen molar-refractivity contribution in [1.29, 1.82) is 0 Å². The Hall–Kier alpha value is -1.44. The second kappa shape index (κ2) is 4.20. The summed E-state index contributed by atoms with van der Waals surface area (Å²) < 4.78 is 2.71.